The number of anilines is 1. The Labute approximate surface area is 194 Å². The number of benzene rings is 2. The van der Waals surface area contributed by atoms with Crippen LogP contribution in [0.25, 0.3) is 10.9 Å². The average molecular weight is 451 g/mol. The van der Waals surface area contributed by atoms with Crippen LogP contribution in [-0.4, -0.2) is 35.1 Å². The highest BCUT2D eigenvalue weighted by Crippen LogP contribution is 2.15. The van der Waals surface area contributed by atoms with Crippen molar-refractivity contribution >= 4 is 22.5 Å². The molecular formula is C26H34N4O3. The molecule has 2 aromatic carbocycles. The van der Waals surface area contributed by atoms with E-state index >= 15 is 0 Å². The number of H-pyrrole nitrogens is 1. The second-order valence-electron chi connectivity index (χ2n) is 8.37. The van der Waals surface area contributed by atoms with Crippen LogP contribution < -0.4 is 21.5 Å². The largest absolute Gasteiger partial charge is 0.372 e. The van der Waals surface area contributed by atoms with Gasteiger partial charge < -0.3 is 15.2 Å². The molecular weight excluding hydrogens is 416 g/mol. The third kappa shape index (κ3) is 6.81. The zero-order valence-electron chi connectivity index (χ0n) is 19.6. The summed E-state index contributed by atoms with van der Waals surface area (Å²) in [6, 6.07) is 15.5. The number of aromatic amines is 1. The number of unbranched alkanes of at least 4 members (excludes halogenated alkanes) is 2. The fourth-order valence-electron chi connectivity index (χ4n) is 4.01. The summed E-state index contributed by atoms with van der Waals surface area (Å²) < 4.78 is 1.25. The van der Waals surface area contributed by atoms with Gasteiger partial charge in [0.2, 0.25) is 5.91 Å². The van der Waals surface area contributed by atoms with Crippen molar-refractivity contribution < 1.29 is 4.79 Å². The van der Waals surface area contributed by atoms with Crippen LogP contribution in [0.2, 0.25) is 0 Å². The summed E-state index contributed by atoms with van der Waals surface area (Å²) in [5.41, 5.74) is 2.37. The first kappa shape index (κ1) is 24.3. The highest BCUT2D eigenvalue weighted by Gasteiger charge is 2.08. The molecule has 7 heteroatoms. The minimum absolute atomic E-state index is 0.0503. The Kier molecular flexibility index (Phi) is 8.87. The fourth-order valence-corrected chi connectivity index (χ4v) is 4.01. The summed E-state index contributed by atoms with van der Waals surface area (Å²) in [6.45, 7) is 7.07. The highest BCUT2D eigenvalue weighted by molar-refractivity contribution is 5.77. The Morgan fingerprint density at radius 3 is 2.64 bits per heavy atom. The fraction of sp³-hybridized carbons (Fsp3) is 0.423. The van der Waals surface area contributed by atoms with Gasteiger partial charge in [0.25, 0.3) is 5.56 Å². The summed E-state index contributed by atoms with van der Waals surface area (Å²) in [4.78, 5) is 41.9. The number of para-hydroxylation sites is 1. The van der Waals surface area contributed by atoms with Crippen LogP contribution in [-0.2, 0) is 11.3 Å². The Hall–Kier alpha value is -3.35. The predicted octanol–water partition coefficient (Wildman–Crippen LogP) is 3.59. The monoisotopic (exact) mass is 450 g/mol. The van der Waals surface area contributed by atoms with Crippen LogP contribution in [0, 0.1) is 6.92 Å². The lowest BCUT2D eigenvalue weighted by molar-refractivity contribution is -0.121. The lowest BCUT2D eigenvalue weighted by Crippen LogP contribution is -2.35. The van der Waals surface area contributed by atoms with E-state index in [0.29, 0.717) is 36.8 Å². The second kappa shape index (κ2) is 12.0. The molecule has 0 saturated carbocycles. The van der Waals surface area contributed by atoms with Gasteiger partial charge in [-0.15, -0.1) is 0 Å². The molecule has 33 heavy (non-hydrogen) atoms. The van der Waals surface area contributed by atoms with E-state index in [0.717, 1.165) is 32.4 Å². The van der Waals surface area contributed by atoms with Gasteiger partial charge in [-0.05, 0) is 62.9 Å². The first-order valence-electron chi connectivity index (χ1n) is 11.8. The molecule has 0 atom stereocenters. The summed E-state index contributed by atoms with van der Waals surface area (Å²) in [5.74, 6) is 0.0503. The summed E-state index contributed by atoms with van der Waals surface area (Å²) >= 11 is 0. The summed E-state index contributed by atoms with van der Waals surface area (Å²) in [7, 11) is 0. The topological polar surface area (TPSA) is 87.2 Å². The molecule has 0 radical (unpaired) electrons. The third-order valence-corrected chi connectivity index (χ3v) is 5.85. The summed E-state index contributed by atoms with van der Waals surface area (Å²) in [6.07, 6.45) is 3.54. The molecule has 0 spiro atoms. The zero-order valence-corrected chi connectivity index (χ0v) is 19.6. The molecule has 0 bridgehead atoms. The van der Waals surface area contributed by atoms with Crippen molar-refractivity contribution in [2.45, 2.75) is 52.5 Å². The molecule has 3 aromatic rings. The number of aryl methyl sites for hydroxylation is 1. The minimum Gasteiger partial charge on any atom is -0.372 e. The molecule has 1 aromatic heterocycles. The molecule has 3 rings (SSSR count). The van der Waals surface area contributed by atoms with E-state index in [9.17, 15) is 14.4 Å². The van der Waals surface area contributed by atoms with Crippen LogP contribution in [0.1, 0.15) is 44.6 Å². The number of carbonyl (C=O) groups is 1. The Bertz CT molecular complexity index is 1180. The average Bonchev–Trinajstić information content (AvgIpc) is 2.80. The quantitative estimate of drug-likeness (QED) is 0.413. The second-order valence-corrected chi connectivity index (χ2v) is 8.37. The van der Waals surface area contributed by atoms with Gasteiger partial charge in [0.15, 0.2) is 0 Å². The van der Waals surface area contributed by atoms with Gasteiger partial charge in [-0.3, -0.25) is 14.2 Å². The first-order chi connectivity index (χ1) is 16.0. The number of carbonyl (C=O) groups excluding carboxylic acids is 1. The van der Waals surface area contributed by atoms with Crippen molar-refractivity contribution in [1.29, 1.82) is 0 Å². The number of nitrogens with zero attached hydrogens (tertiary/aromatic N) is 2. The van der Waals surface area contributed by atoms with Gasteiger partial charge >= 0.3 is 5.69 Å². The van der Waals surface area contributed by atoms with E-state index in [1.54, 1.807) is 24.3 Å². The molecule has 0 aliphatic rings. The maximum Gasteiger partial charge on any atom is 0.328 e. The zero-order chi connectivity index (χ0) is 23.6. The number of aromatic nitrogens is 2. The molecule has 7 nitrogen and oxygen atoms in total. The van der Waals surface area contributed by atoms with Crippen molar-refractivity contribution in [1.82, 2.24) is 14.9 Å². The van der Waals surface area contributed by atoms with Crippen LogP contribution in [0.3, 0.4) is 0 Å². The van der Waals surface area contributed by atoms with Crippen molar-refractivity contribution in [3.05, 3.63) is 74.9 Å². The molecule has 1 heterocycles. The SMILES string of the molecule is CCN(CCCNC(=O)CCCCCn1c(=O)[nH]c2ccccc2c1=O)c1cccc(C)c1. The Morgan fingerprint density at radius 2 is 1.85 bits per heavy atom. The van der Waals surface area contributed by atoms with Crippen molar-refractivity contribution in [3.8, 4) is 0 Å². The minimum atomic E-state index is -0.386. The molecule has 0 aliphatic carbocycles. The number of hydrogen-bond donors (Lipinski definition) is 2. The van der Waals surface area contributed by atoms with E-state index in [1.165, 1.54) is 15.8 Å². The smallest absolute Gasteiger partial charge is 0.328 e. The van der Waals surface area contributed by atoms with E-state index in [-0.39, 0.29) is 17.2 Å². The van der Waals surface area contributed by atoms with Crippen LogP contribution >= 0.6 is 0 Å². The van der Waals surface area contributed by atoms with Crippen LogP contribution in [0.15, 0.2) is 58.1 Å². The lowest BCUT2D eigenvalue weighted by atomic mass is 10.2. The van der Waals surface area contributed by atoms with E-state index < -0.39 is 0 Å². The van der Waals surface area contributed by atoms with Gasteiger partial charge in [0.1, 0.15) is 0 Å². The maximum absolute atomic E-state index is 12.5. The van der Waals surface area contributed by atoms with Crippen LogP contribution in [0.4, 0.5) is 5.69 Å². The Morgan fingerprint density at radius 1 is 1.03 bits per heavy atom. The standard InChI is InChI=1S/C26H34N4O3/c1-3-29(21-12-9-11-20(2)19-21)17-10-16-27-24(31)15-5-4-8-18-30-25(32)22-13-6-7-14-23(22)28-26(30)33/h6-7,9,11-14,19H,3-5,8,10,15-18H2,1-2H3,(H,27,31)(H,28,33). The molecule has 0 fully saturated rings. The number of fused-ring (bicyclic) bond motifs is 1. The van der Waals surface area contributed by atoms with Gasteiger partial charge in [-0.1, -0.05) is 30.7 Å². The maximum atomic E-state index is 12.5. The van der Waals surface area contributed by atoms with Crippen LogP contribution in [0.5, 0.6) is 0 Å². The number of amides is 1. The van der Waals surface area contributed by atoms with Gasteiger partial charge in [-0.2, -0.15) is 0 Å². The molecule has 1 amide bonds. The predicted molar refractivity (Wildman–Crippen MR) is 134 cm³/mol. The van der Waals surface area contributed by atoms with Crippen molar-refractivity contribution in [2.24, 2.45) is 0 Å². The van der Waals surface area contributed by atoms with E-state index in [2.05, 4.69) is 53.3 Å². The van der Waals surface area contributed by atoms with Gasteiger partial charge in [0.05, 0.1) is 10.9 Å². The number of rotatable bonds is 12. The lowest BCUT2D eigenvalue weighted by Gasteiger charge is -2.23. The molecule has 0 saturated heterocycles. The van der Waals surface area contributed by atoms with Gasteiger partial charge in [-0.25, -0.2) is 4.79 Å². The number of hydrogen-bond acceptors (Lipinski definition) is 4. The molecule has 0 unspecified atom stereocenters. The molecule has 2 N–H and O–H groups in total. The number of nitrogens with one attached hydrogen (secondary N) is 2. The first-order valence-corrected chi connectivity index (χ1v) is 11.8. The molecule has 0 aliphatic heterocycles. The van der Waals surface area contributed by atoms with E-state index in [1.807, 2.05) is 0 Å². The normalized spacial score (nSPS) is 11.0. The van der Waals surface area contributed by atoms with Gasteiger partial charge in [0, 0.05) is 38.3 Å². The Balaban J connectivity index is 1.34. The summed E-state index contributed by atoms with van der Waals surface area (Å²) in [5, 5.41) is 3.51. The molecule has 176 valence electrons. The highest BCUT2D eigenvalue weighted by atomic mass is 16.2. The van der Waals surface area contributed by atoms with Crippen molar-refractivity contribution in [3.63, 3.8) is 0 Å². The van der Waals surface area contributed by atoms with E-state index in [4.69, 9.17) is 0 Å². The van der Waals surface area contributed by atoms with Crippen molar-refractivity contribution in [2.75, 3.05) is 24.5 Å². The third-order valence-electron chi connectivity index (χ3n) is 5.85.